The number of carbonyl (C=O) groups is 2. The average Bonchev–Trinajstić information content (AvgIpc) is 3.26. The van der Waals surface area contributed by atoms with E-state index in [1.165, 1.54) is 11.6 Å². The third-order valence-corrected chi connectivity index (χ3v) is 5.97. The van der Waals surface area contributed by atoms with Gasteiger partial charge >= 0.3 is 0 Å². The fourth-order valence-corrected chi connectivity index (χ4v) is 4.30. The molecule has 1 amide bonds. The third kappa shape index (κ3) is 3.59. The molecule has 5 heteroatoms. The van der Waals surface area contributed by atoms with Gasteiger partial charge < -0.3 is 10.0 Å². The van der Waals surface area contributed by atoms with Crippen LogP contribution in [0.4, 0.5) is 4.39 Å². The Morgan fingerprint density at radius 3 is 2.46 bits per heavy atom. The van der Waals surface area contributed by atoms with E-state index in [0.29, 0.717) is 25.1 Å². The first kappa shape index (κ1) is 18.8. The summed E-state index contributed by atoms with van der Waals surface area (Å²) in [6.07, 6.45) is 4.12. The molecule has 1 aliphatic heterocycles. The predicted octanol–water partition coefficient (Wildman–Crippen LogP) is 3.40. The van der Waals surface area contributed by atoms with Gasteiger partial charge in [0.15, 0.2) is 5.78 Å². The van der Waals surface area contributed by atoms with Crippen molar-refractivity contribution in [2.75, 3.05) is 19.7 Å². The number of hydrogen-bond donors (Lipinski definition) is 1. The monoisotopic (exact) mass is 381 g/mol. The summed E-state index contributed by atoms with van der Waals surface area (Å²) in [7, 11) is 0. The van der Waals surface area contributed by atoms with Crippen LogP contribution in [0, 0.1) is 11.7 Å². The number of carbonyl (C=O) groups excluding carboxylic acids is 2. The number of benzene rings is 2. The zero-order valence-corrected chi connectivity index (χ0v) is 15.8. The number of fused-ring (bicyclic) bond motifs is 1. The van der Waals surface area contributed by atoms with Crippen molar-refractivity contribution in [2.24, 2.45) is 5.92 Å². The van der Waals surface area contributed by atoms with Gasteiger partial charge in [-0.2, -0.15) is 0 Å². The maximum atomic E-state index is 14.7. The molecule has 28 heavy (non-hydrogen) atoms. The standard InChI is InChI=1S/C23H24FNO3/c24-21-13-17(7-8-20(21)23(28)25-9-1-2-10-25)16-5-3-15-4-6-18(22(27)14-26)12-19(15)11-16/h3,5,7-8,11,13,18,26H,1-2,4,6,9-10,12,14H2. The molecule has 1 fully saturated rings. The van der Waals surface area contributed by atoms with Crippen LogP contribution in [0.25, 0.3) is 11.1 Å². The van der Waals surface area contributed by atoms with Crippen LogP contribution in [0.1, 0.15) is 40.7 Å². The van der Waals surface area contributed by atoms with Crippen LogP contribution in [0.3, 0.4) is 0 Å². The van der Waals surface area contributed by atoms with Crippen LogP contribution < -0.4 is 0 Å². The number of halogens is 1. The lowest BCUT2D eigenvalue weighted by Gasteiger charge is -2.23. The van der Waals surface area contributed by atoms with E-state index in [0.717, 1.165) is 36.8 Å². The molecule has 0 radical (unpaired) electrons. The molecule has 4 nitrogen and oxygen atoms in total. The summed E-state index contributed by atoms with van der Waals surface area (Å²) in [5.41, 5.74) is 3.99. The maximum absolute atomic E-state index is 14.7. The molecule has 2 aliphatic rings. The van der Waals surface area contributed by atoms with E-state index in [1.54, 1.807) is 17.0 Å². The molecule has 146 valence electrons. The van der Waals surface area contributed by atoms with Crippen LogP contribution >= 0.6 is 0 Å². The van der Waals surface area contributed by atoms with Crippen molar-refractivity contribution in [1.82, 2.24) is 4.90 Å². The minimum absolute atomic E-state index is 0.119. The smallest absolute Gasteiger partial charge is 0.256 e. The third-order valence-electron chi connectivity index (χ3n) is 5.97. The molecule has 0 saturated carbocycles. The second-order valence-electron chi connectivity index (χ2n) is 7.74. The Morgan fingerprint density at radius 1 is 1.04 bits per heavy atom. The lowest BCUT2D eigenvalue weighted by Crippen LogP contribution is -2.28. The summed E-state index contributed by atoms with van der Waals surface area (Å²) in [5.74, 6) is -1.00. The van der Waals surface area contributed by atoms with E-state index in [9.17, 15) is 14.0 Å². The first-order valence-corrected chi connectivity index (χ1v) is 9.91. The first-order valence-electron chi connectivity index (χ1n) is 9.91. The number of aryl methyl sites for hydroxylation is 1. The van der Waals surface area contributed by atoms with Crippen molar-refractivity contribution in [1.29, 1.82) is 0 Å². The van der Waals surface area contributed by atoms with Gasteiger partial charge in [0.05, 0.1) is 5.56 Å². The molecular weight excluding hydrogens is 357 g/mol. The number of amides is 1. The van der Waals surface area contributed by atoms with E-state index in [4.69, 9.17) is 5.11 Å². The average molecular weight is 381 g/mol. The number of aliphatic hydroxyl groups is 1. The van der Waals surface area contributed by atoms with Crippen LogP contribution in [0.15, 0.2) is 36.4 Å². The number of nitrogens with zero attached hydrogens (tertiary/aromatic N) is 1. The molecule has 0 spiro atoms. The Bertz CT molecular complexity index is 918. The van der Waals surface area contributed by atoms with E-state index in [2.05, 4.69) is 0 Å². The zero-order chi connectivity index (χ0) is 19.7. The summed E-state index contributed by atoms with van der Waals surface area (Å²) in [5, 5.41) is 9.13. The Hall–Kier alpha value is -2.53. The summed E-state index contributed by atoms with van der Waals surface area (Å²) < 4.78 is 14.7. The van der Waals surface area contributed by atoms with Crippen molar-refractivity contribution in [3.05, 3.63) is 58.9 Å². The molecule has 1 heterocycles. The molecule has 2 aromatic carbocycles. The molecule has 0 aromatic heterocycles. The minimum atomic E-state index is -0.500. The molecule has 1 unspecified atom stereocenters. The predicted molar refractivity (Wildman–Crippen MR) is 105 cm³/mol. The van der Waals surface area contributed by atoms with Crippen molar-refractivity contribution < 1.29 is 19.1 Å². The number of aliphatic hydroxyl groups excluding tert-OH is 1. The maximum Gasteiger partial charge on any atom is 0.256 e. The first-order chi connectivity index (χ1) is 13.6. The summed E-state index contributed by atoms with van der Waals surface area (Å²) >= 11 is 0. The van der Waals surface area contributed by atoms with E-state index in [1.807, 2.05) is 18.2 Å². The van der Waals surface area contributed by atoms with Crippen molar-refractivity contribution >= 4 is 11.7 Å². The second-order valence-corrected chi connectivity index (χ2v) is 7.74. The molecule has 1 saturated heterocycles. The molecule has 1 atom stereocenters. The highest BCUT2D eigenvalue weighted by atomic mass is 19.1. The summed E-state index contributed by atoms with van der Waals surface area (Å²) in [6, 6.07) is 10.8. The quantitative estimate of drug-likeness (QED) is 0.883. The molecule has 2 aromatic rings. The Labute approximate surface area is 164 Å². The van der Waals surface area contributed by atoms with Gasteiger partial charge in [0, 0.05) is 19.0 Å². The molecule has 1 aliphatic carbocycles. The zero-order valence-electron chi connectivity index (χ0n) is 15.8. The normalized spacial score (nSPS) is 18.8. The number of ketones is 1. The van der Waals surface area contributed by atoms with Crippen molar-refractivity contribution in [2.45, 2.75) is 32.1 Å². The van der Waals surface area contributed by atoms with Crippen LogP contribution in [0.2, 0.25) is 0 Å². The fraction of sp³-hybridized carbons (Fsp3) is 0.391. The van der Waals surface area contributed by atoms with Gasteiger partial charge in [-0.3, -0.25) is 9.59 Å². The van der Waals surface area contributed by atoms with Crippen LogP contribution in [-0.4, -0.2) is 41.4 Å². The van der Waals surface area contributed by atoms with E-state index < -0.39 is 12.4 Å². The number of Topliss-reactive ketones (excluding diaryl/α,β-unsaturated/α-hetero) is 1. The van der Waals surface area contributed by atoms with E-state index in [-0.39, 0.29) is 23.2 Å². The summed E-state index contributed by atoms with van der Waals surface area (Å²) in [4.78, 5) is 26.0. The van der Waals surface area contributed by atoms with Crippen molar-refractivity contribution in [3.8, 4) is 11.1 Å². The van der Waals surface area contributed by atoms with Crippen LogP contribution in [0.5, 0.6) is 0 Å². The number of hydrogen-bond acceptors (Lipinski definition) is 3. The van der Waals surface area contributed by atoms with Gasteiger partial charge in [0.25, 0.3) is 5.91 Å². The van der Waals surface area contributed by atoms with Gasteiger partial charge in [-0.1, -0.05) is 24.3 Å². The number of rotatable bonds is 4. The van der Waals surface area contributed by atoms with Gasteiger partial charge in [-0.05, 0) is 66.5 Å². The van der Waals surface area contributed by atoms with Gasteiger partial charge in [0.2, 0.25) is 0 Å². The fourth-order valence-electron chi connectivity index (χ4n) is 4.30. The summed E-state index contributed by atoms with van der Waals surface area (Å²) in [6.45, 7) is 0.967. The van der Waals surface area contributed by atoms with Crippen LogP contribution in [-0.2, 0) is 17.6 Å². The molecule has 1 N–H and O–H groups in total. The van der Waals surface area contributed by atoms with Gasteiger partial charge in [-0.25, -0.2) is 4.39 Å². The second kappa shape index (κ2) is 7.84. The highest BCUT2D eigenvalue weighted by molar-refractivity contribution is 5.95. The van der Waals surface area contributed by atoms with Crippen molar-refractivity contribution in [3.63, 3.8) is 0 Å². The van der Waals surface area contributed by atoms with Gasteiger partial charge in [0.1, 0.15) is 12.4 Å². The Morgan fingerprint density at radius 2 is 1.75 bits per heavy atom. The lowest BCUT2D eigenvalue weighted by atomic mass is 9.81. The number of likely N-dealkylation sites (tertiary alicyclic amines) is 1. The lowest BCUT2D eigenvalue weighted by molar-refractivity contribution is -0.125. The Kier molecular flexibility index (Phi) is 5.27. The highest BCUT2D eigenvalue weighted by Crippen LogP contribution is 2.31. The molecule has 4 rings (SSSR count). The Balaban J connectivity index is 1.59. The molecule has 0 bridgehead atoms. The minimum Gasteiger partial charge on any atom is -0.389 e. The highest BCUT2D eigenvalue weighted by Gasteiger charge is 2.25. The largest absolute Gasteiger partial charge is 0.389 e. The molecular formula is C23H24FNO3. The van der Waals surface area contributed by atoms with E-state index >= 15 is 0 Å². The van der Waals surface area contributed by atoms with Gasteiger partial charge in [-0.15, -0.1) is 0 Å². The topological polar surface area (TPSA) is 57.6 Å². The SMILES string of the molecule is O=C(CO)C1CCc2ccc(-c3ccc(C(=O)N4CCCC4)c(F)c3)cc2C1.